The van der Waals surface area contributed by atoms with E-state index in [-0.39, 0.29) is 10.3 Å². The molecule has 6 nitrogen and oxygen atoms in total. The Balaban J connectivity index is 1.70. The van der Waals surface area contributed by atoms with Crippen LogP contribution in [0.3, 0.4) is 0 Å². The van der Waals surface area contributed by atoms with Crippen molar-refractivity contribution in [1.82, 2.24) is 0 Å². The van der Waals surface area contributed by atoms with E-state index < -0.39 is 23.9 Å². The predicted molar refractivity (Wildman–Crippen MR) is 130 cm³/mol. The lowest BCUT2D eigenvalue weighted by Crippen LogP contribution is -2.44. The Bertz CT molecular complexity index is 815. The summed E-state index contributed by atoms with van der Waals surface area (Å²) in [5.41, 5.74) is 2.02. The fraction of sp³-hybridized carbons (Fsp3) is 0.778. The monoisotopic (exact) mass is 461 g/mol. The molecule has 0 aliphatic heterocycles. The third kappa shape index (κ3) is 5.28. The van der Waals surface area contributed by atoms with Gasteiger partial charge in [0.2, 0.25) is 5.54 Å². The number of nitro groups is 1. The minimum absolute atomic E-state index is 0.203. The van der Waals surface area contributed by atoms with Gasteiger partial charge in [0, 0.05) is 25.2 Å². The number of aliphatic hydroxyl groups excluding tert-OH is 3. The van der Waals surface area contributed by atoms with E-state index in [2.05, 4.69) is 32.6 Å². The van der Waals surface area contributed by atoms with Crippen molar-refractivity contribution in [3.8, 4) is 0 Å². The summed E-state index contributed by atoms with van der Waals surface area (Å²) in [6.07, 6.45) is 10.0. The van der Waals surface area contributed by atoms with Crippen molar-refractivity contribution in [3.05, 3.63) is 45.6 Å². The molecule has 186 valence electrons. The van der Waals surface area contributed by atoms with Crippen LogP contribution in [0, 0.1) is 33.3 Å². The Labute approximate surface area is 198 Å². The van der Waals surface area contributed by atoms with Crippen LogP contribution in [0.15, 0.2) is 35.5 Å². The number of allylic oxidation sites excluding steroid dienone is 3. The van der Waals surface area contributed by atoms with Gasteiger partial charge < -0.3 is 15.3 Å². The van der Waals surface area contributed by atoms with Crippen molar-refractivity contribution in [2.24, 2.45) is 23.2 Å². The van der Waals surface area contributed by atoms with Gasteiger partial charge in [-0.2, -0.15) is 0 Å². The maximum Gasteiger partial charge on any atom is 0.242 e. The van der Waals surface area contributed by atoms with Crippen LogP contribution in [-0.4, -0.2) is 44.1 Å². The zero-order valence-electron chi connectivity index (χ0n) is 20.8. The van der Waals surface area contributed by atoms with E-state index in [1.165, 1.54) is 25.8 Å². The fourth-order valence-corrected chi connectivity index (χ4v) is 6.78. The number of hydrogen-bond acceptors (Lipinski definition) is 5. The number of rotatable bonds is 7. The first-order chi connectivity index (χ1) is 15.4. The molecule has 3 aliphatic carbocycles. The summed E-state index contributed by atoms with van der Waals surface area (Å²) in [6, 6.07) is 0. The van der Waals surface area contributed by atoms with Gasteiger partial charge in [-0.3, -0.25) is 10.1 Å². The molecule has 33 heavy (non-hydrogen) atoms. The molecular weight excluding hydrogens is 418 g/mol. The van der Waals surface area contributed by atoms with E-state index in [1.54, 1.807) is 0 Å². The summed E-state index contributed by atoms with van der Waals surface area (Å²) in [5.74, 6) is 1.46. The lowest BCUT2D eigenvalue weighted by Gasteiger charge is -2.44. The van der Waals surface area contributed by atoms with Crippen molar-refractivity contribution >= 4 is 0 Å². The molecule has 0 aromatic heterocycles. The topological polar surface area (TPSA) is 104 Å². The first-order valence-corrected chi connectivity index (χ1v) is 12.7. The fourth-order valence-electron chi connectivity index (χ4n) is 6.78. The van der Waals surface area contributed by atoms with Crippen molar-refractivity contribution in [3.63, 3.8) is 0 Å². The highest BCUT2D eigenvalue weighted by molar-refractivity contribution is 5.38. The lowest BCUT2D eigenvalue weighted by atomic mass is 9.60. The maximum absolute atomic E-state index is 11.3. The van der Waals surface area contributed by atoms with Gasteiger partial charge in [-0.1, -0.05) is 38.2 Å². The minimum atomic E-state index is -1.32. The molecule has 0 aromatic carbocycles. The van der Waals surface area contributed by atoms with Crippen LogP contribution >= 0.6 is 0 Å². The van der Waals surface area contributed by atoms with Gasteiger partial charge in [0.05, 0.1) is 12.2 Å². The molecule has 3 rings (SSSR count). The quantitative estimate of drug-likeness (QED) is 0.367. The molecule has 0 saturated heterocycles. The van der Waals surface area contributed by atoms with Crippen molar-refractivity contribution in [2.45, 2.75) is 109 Å². The SMILES string of the molecule is C=C1/C(=C\C=C2/CCC[C@@]3(C)C2CCC3[C@H](C)CC[C@@H](O)C(C)(C)[N+](=O)[O-])C[C@@H](O)C[C@@H]1O. The Morgan fingerprint density at radius 1 is 1.27 bits per heavy atom. The molecule has 3 fully saturated rings. The first kappa shape index (κ1) is 26.1. The predicted octanol–water partition coefficient (Wildman–Crippen LogP) is 4.96. The van der Waals surface area contributed by atoms with E-state index in [0.717, 1.165) is 43.3 Å². The molecule has 2 unspecified atom stereocenters. The van der Waals surface area contributed by atoms with E-state index >= 15 is 0 Å². The number of aliphatic hydroxyl groups is 3. The number of hydrogen-bond donors (Lipinski definition) is 3. The third-order valence-electron chi connectivity index (χ3n) is 9.17. The van der Waals surface area contributed by atoms with Gasteiger partial charge in [0.15, 0.2) is 0 Å². The molecule has 6 heteroatoms. The second-order valence-electron chi connectivity index (χ2n) is 11.6. The molecule has 0 heterocycles. The summed E-state index contributed by atoms with van der Waals surface area (Å²) in [6.45, 7) is 11.7. The Kier molecular flexibility index (Phi) is 7.92. The Morgan fingerprint density at radius 2 is 1.97 bits per heavy atom. The van der Waals surface area contributed by atoms with Crippen LogP contribution in [0.4, 0.5) is 0 Å². The normalized spacial score (nSPS) is 37.2. The van der Waals surface area contributed by atoms with E-state index in [1.807, 2.05) is 0 Å². The van der Waals surface area contributed by atoms with Gasteiger partial charge in [-0.05, 0) is 85.7 Å². The van der Waals surface area contributed by atoms with Crippen molar-refractivity contribution in [1.29, 1.82) is 0 Å². The second kappa shape index (κ2) is 10.0. The summed E-state index contributed by atoms with van der Waals surface area (Å²) in [4.78, 5) is 10.9. The Hall–Kier alpha value is -1.50. The smallest absolute Gasteiger partial charge is 0.242 e. The minimum Gasteiger partial charge on any atom is -0.393 e. The summed E-state index contributed by atoms with van der Waals surface area (Å²) in [7, 11) is 0. The average molecular weight is 462 g/mol. The lowest BCUT2D eigenvalue weighted by molar-refractivity contribution is -0.573. The van der Waals surface area contributed by atoms with Gasteiger partial charge in [-0.15, -0.1) is 0 Å². The van der Waals surface area contributed by atoms with Gasteiger partial charge >= 0.3 is 0 Å². The first-order valence-electron chi connectivity index (χ1n) is 12.7. The van der Waals surface area contributed by atoms with Crippen LogP contribution in [0.2, 0.25) is 0 Å². The summed E-state index contributed by atoms with van der Waals surface area (Å²) >= 11 is 0. The molecule has 0 amide bonds. The van der Waals surface area contributed by atoms with Gasteiger partial charge in [0.1, 0.15) is 6.10 Å². The Morgan fingerprint density at radius 3 is 2.64 bits per heavy atom. The van der Waals surface area contributed by atoms with Crippen molar-refractivity contribution < 1.29 is 20.2 Å². The summed E-state index contributed by atoms with van der Waals surface area (Å²) < 4.78 is 0. The van der Waals surface area contributed by atoms with E-state index in [9.17, 15) is 25.4 Å². The molecule has 3 saturated carbocycles. The molecule has 0 bridgehead atoms. The molecule has 0 spiro atoms. The molecule has 3 N–H and O–H groups in total. The highest BCUT2D eigenvalue weighted by atomic mass is 16.6. The second-order valence-corrected chi connectivity index (χ2v) is 11.6. The van der Waals surface area contributed by atoms with Crippen LogP contribution in [0.25, 0.3) is 0 Å². The van der Waals surface area contributed by atoms with E-state index in [4.69, 9.17) is 0 Å². The highest BCUT2D eigenvalue weighted by Crippen LogP contribution is 2.60. The van der Waals surface area contributed by atoms with Crippen LogP contribution in [0.5, 0.6) is 0 Å². The standard InChI is InChI=1S/C27H43NO5/c1-17(8-13-25(31)26(3,4)28(32)33)22-11-12-23-19(7-6-14-27(22,23)5)9-10-20-15-21(29)16-24(30)18(20)2/h9-10,17,21-25,29-31H,2,6-8,11-16H2,1,3-5H3/b19-9+,20-10-/t17-,21-,22?,23?,24+,25-,27-/m1/s1. The molecule has 7 atom stereocenters. The number of nitrogens with zero attached hydrogens (tertiary/aromatic N) is 1. The van der Waals surface area contributed by atoms with Crippen molar-refractivity contribution in [2.75, 3.05) is 0 Å². The molecule has 0 aromatic rings. The summed E-state index contributed by atoms with van der Waals surface area (Å²) in [5, 5.41) is 41.9. The molecular formula is C27H43NO5. The van der Waals surface area contributed by atoms with Gasteiger partial charge in [-0.25, -0.2) is 0 Å². The maximum atomic E-state index is 11.3. The van der Waals surface area contributed by atoms with Gasteiger partial charge in [0.25, 0.3) is 0 Å². The van der Waals surface area contributed by atoms with Crippen LogP contribution in [-0.2, 0) is 0 Å². The van der Waals surface area contributed by atoms with Crippen LogP contribution in [0.1, 0.15) is 85.5 Å². The highest BCUT2D eigenvalue weighted by Gasteiger charge is 2.51. The third-order valence-corrected chi connectivity index (χ3v) is 9.17. The zero-order chi connectivity index (χ0) is 24.6. The largest absolute Gasteiger partial charge is 0.393 e. The zero-order valence-corrected chi connectivity index (χ0v) is 20.8. The van der Waals surface area contributed by atoms with E-state index in [0.29, 0.717) is 37.0 Å². The number of fused-ring (bicyclic) bond motifs is 1. The molecule has 0 radical (unpaired) electrons. The average Bonchev–Trinajstić information content (AvgIpc) is 3.10. The van der Waals surface area contributed by atoms with Crippen LogP contribution < -0.4 is 0 Å². The molecule has 3 aliphatic rings.